The van der Waals surface area contributed by atoms with Crippen molar-refractivity contribution in [2.45, 2.75) is 18.9 Å². The predicted octanol–water partition coefficient (Wildman–Crippen LogP) is -1.72. The van der Waals surface area contributed by atoms with Crippen LogP contribution in [0.4, 0.5) is 0 Å². The fourth-order valence-electron chi connectivity index (χ4n) is 2.32. The van der Waals surface area contributed by atoms with E-state index in [1.807, 2.05) is 9.80 Å². The molecule has 0 bridgehead atoms. The summed E-state index contributed by atoms with van der Waals surface area (Å²) < 4.78 is 0. The van der Waals surface area contributed by atoms with Crippen LogP contribution in [0.1, 0.15) is 12.8 Å². The summed E-state index contributed by atoms with van der Waals surface area (Å²) in [6.45, 7) is 2.62. The second-order valence-electron chi connectivity index (χ2n) is 4.08. The Morgan fingerprint density at radius 2 is 2.33 bits per heavy atom. The molecule has 84 valence electrons. The quantitative estimate of drug-likeness (QED) is 0.324. The van der Waals surface area contributed by atoms with Crippen molar-refractivity contribution in [1.82, 2.24) is 15.2 Å². The number of nitrogens with one attached hydrogen (secondary N) is 1. The molecular formula is C9H16N4O2. The summed E-state index contributed by atoms with van der Waals surface area (Å²) in [5, 5.41) is 0. The standard InChI is InChI=1S/C9H16N4O2/c10-11-8(14)6-12-3-4-13-7(5-12)1-2-9(13)15/h7H,1-6,10H2,(H,11,14). The van der Waals surface area contributed by atoms with Crippen molar-refractivity contribution in [2.75, 3.05) is 26.2 Å². The Balaban J connectivity index is 1.88. The molecule has 0 saturated carbocycles. The molecule has 2 saturated heterocycles. The Morgan fingerprint density at radius 3 is 3.07 bits per heavy atom. The zero-order valence-electron chi connectivity index (χ0n) is 8.61. The van der Waals surface area contributed by atoms with Gasteiger partial charge in [0.1, 0.15) is 0 Å². The number of carbonyl (C=O) groups is 2. The Kier molecular flexibility index (Phi) is 2.88. The van der Waals surface area contributed by atoms with Gasteiger partial charge in [0.2, 0.25) is 11.8 Å². The zero-order chi connectivity index (χ0) is 10.8. The lowest BCUT2D eigenvalue weighted by atomic mass is 10.1. The van der Waals surface area contributed by atoms with Gasteiger partial charge in [-0.25, -0.2) is 5.84 Å². The van der Waals surface area contributed by atoms with Gasteiger partial charge in [-0.05, 0) is 6.42 Å². The second-order valence-corrected chi connectivity index (χ2v) is 4.08. The first-order valence-electron chi connectivity index (χ1n) is 5.22. The van der Waals surface area contributed by atoms with Crippen molar-refractivity contribution in [3.63, 3.8) is 0 Å². The normalized spacial score (nSPS) is 26.6. The van der Waals surface area contributed by atoms with Crippen molar-refractivity contribution >= 4 is 11.8 Å². The fourth-order valence-corrected chi connectivity index (χ4v) is 2.32. The van der Waals surface area contributed by atoms with Gasteiger partial charge in [-0.3, -0.25) is 19.9 Å². The summed E-state index contributed by atoms with van der Waals surface area (Å²) in [6, 6.07) is 0.303. The topological polar surface area (TPSA) is 78.7 Å². The summed E-state index contributed by atoms with van der Waals surface area (Å²) in [4.78, 5) is 26.5. The number of nitrogens with zero attached hydrogens (tertiary/aromatic N) is 2. The van der Waals surface area contributed by atoms with Gasteiger partial charge in [-0.2, -0.15) is 0 Å². The highest BCUT2D eigenvalue weighted by Gasteiger charge is 2.35. The molecule has 0 radical (unpaired) electrons. The van der Waals surface area contributed by atoms with Crippen LogP contribution in [0.15, 0.2) is 0 Å². The lowest BCUT2D eigenvalue weighted by Crippen LogP contribution is -2.53. The maximum atomic E-state index is 11.4. The van der Waals surface area contributed by atoms with Crippen LogP contribution in [0.5, 0.6) is 0 Å². The van der Waals surface area contributed by atoms with Crippen LogP contribution < -0.4 is 11.3 Å². The Morgan fingerprint density at radius 1 is 1.53 bits per heavy atom. The Hall–Kier alpha value is -1.14. The molecule has 3 N–H and O–H groups in total. The molecule has 1 atom stereocenters. The minimum absolute atomic E-state index is 0.173. The van der Waals surface area contributed by atoms with Gasteiger partial charge < -0.3 is 4.90 Å². The summed E-state index contributed by atoms with van der Waals surface area (Å²) in [6.07, 6.45) is 1.57. The first-order valence-corrected chi connectivity index (χ1v) is 5.22. The summed E-state index contributed by atoms with van der Waals surface area (Å²) >= 11 is 0. The monoisotopic (exact) mass is 212 g/mol. The average Bonchev–Trinajstić information content (AvgIpc) is 2.60. The van der Waals surface area contributed by atoms with E-state index >= 15 is 0 Å². The molecule has 2 fully saturated rings. The van der Waals surface area contributed by atoms with Gasteiger partial charge in [-0.1, -0.05) is 0 Å². The van der Waals surface area contributed by atoms with E-state index in [0.717, 1.165) is 26.1 Å². The molecule has 2 heterocycles. The van der Waals surface area contributed by atoms with E-state index in [0.29, 0.717) is 19.0 Å². The largest absolute Gasteiger partial charge is 0.337 e. The van der Waals surface area contributed by atoms with E-state index in [-0.39, 0.29) is 11.8 Å². The third-order valence-electron chi connectivity index (χ3n) is 3.11. The highest BCUT2D eigenvalue weighted by molar-refractivity contribution is 5.79. The van der Waals surface area contributed by atoms with E-state index in [4.69, 9.17) is 5.84 Å². The third-order valence-corrected chi connectivity index (χ3v) is 3.11. The minimum atomic E-state index is -0.173. The molecule has 0 spiro atoms. The van der Waals surface area contributed by atoms with Gasteiger partial charge in [0, 0.05) is 32.1 Å². The Labute approximate surface area is 88.3 Å². The lowest BCUT2D eigenvalue weighted by molar-refractivity contribution is -0.131. The number of fused-ring (bicyclic) bond motifs is 1. The number of nitrogens with two attached hydrogens (primary N) is 1. The Bertz CT molecular complexity index is 281. The molecule has 0 aromatic carbocycles. The zero-order valence-corrected chi connectivity index (χ0v) is 8.61. The number of rotatable bonds is 2. The van der Waals surface area contributed by atoms with E-state index in [1.165, 1.54) is 0 Å². The first-order chi connectivity index (χ1) is 7.20. The highest BCUT2D eigenvalue weighted by Crippen LogP contribution is 2.22. The smallest absolute Gasteiger partial charge is 0.248 e. The number of carbonyl (C=O) groups excluding carboxylic acids is 2. The molecular weight excluding hydrogens is 196 g/mol. The number of hydrogen-bond acceptors (Lipinski definition) is 4. The lowest BCUT2D eigenvalue weighted by Gasteiger charge is -2.36. The van der Waals surface area contributed by atoms with Crippen LogP contribution in [0.3, 0.4) is 0 Å². The predicted molar refractivity (Wildman–Crippen MR) is 53.5 cm³/mol. The van der Waals surface area contributed by atoms with Crippen molar-refractivity contribution < 1.29 is 9.59 Å². The molecule has 0 aromatic rings. The van der Waals surface area contributed by atoms with Crippen LogP contribution >= 0.6 is 0 Å². The van der Waals surface area contributed by atoms with E-state index in [1.54, 1.807) is 0 Å². The molecule has 1 unspecified atom stereocenters. The fraction of sp³-hybridized carbons (Fsp3) is 0.778. The van der Waals surface area contributed by atoms with Crippen LogP contribution in [-0.2, 0) is 9.59 Å². The van der Waals surface area contributed by atoms with Gasteiger partial charge in [0.15, 0.2) is 0 Å². The number of amides is 2. The molecule has 0 aliphatic carbocycles. The molecule has 2 aliphatic heterocycles. The molecule has 2 amide bonds. The maximum Gasteiger partial charge on any atom is 0.248 e. The molecule has 6 nitrogen and oxygen atoms in total. The van der Waals surface area contributed by atoms with Crippen LogP contribution in [0.25, 0.3) is 0 Å². The average molecular weight is 212 g/mol. The maximum absolute atomic E-state index is 11.4. The van der Waals surface area contributed by atoms with Gasteiger partial charge in [0.05, 0.1) is 6.54 Å². The third kappa shape index (κ3) is 2.10. The van der Waals surface area contributed by atoms with Crippen LogP contribution in [-0.4, -0.2) is 53.8 Å². The number of piperazine rings is 1. The first kappa shape index (κ1) is 10.4. The van der Waals surface area contributed by atoms with Crippen LogP contribution in [0, 0.1) is 0 Å². The molecule has 6 heteroatoms. The van der Waals surface area contributed by atoms with Crippen molar-refractivity contribution in [2.24, 2.45) is 5.84 Å². The highest BCUT2D eigenvalue weighted by atomic mass is 16.2. The number of hydrazine groups is 1. The van der Waals surface area contributed by atoms with E-state index in [9.17, 15) is 9.59 Å². The van der Waals surface area contributed by atoms with E-state index in [2.05, 4.69) is 5.43 Å². The SMILES string of the molecule is NNC(=O)CN1CCN2C(=O)CCC2C1. The summed E-state index contributed by atoms with van der Waals surface area (Å²) in [7, 11) is 0. The second kappa shape index (κ2) is 4.16. The van der Waals surface area contributed by atoms with Crippen LogP contribution in [0.2, 0.25) is 0 Å². The minimum Gasteiger partial charge on any atom is -0.337 e. The van der Waals surface area contributed by atoms with E-state index < -0.39 is 0 Å². The van der Waals surface area contributed by atoms with Crippen molar-refractivity contribution in [3.8, 4) is 0 Å². The summed E-state index contributed by atoms with van der Waals surface area (Å²) in [5.41, 5.74) is 2.12. The molecule has 2 aliphatic rings. The molecule has 0 aromatic heterocycles. The van der Waals surface area contributed by atoms with Crippen molar-refractivity contribution in [1.29, 1.82) is 0 Å². The number of hydrogen-bond donors (Lipinski definition) is 2. The molecule has 15 heavy (non-hydrogen) atoms. The van der Waals surface area contributed by atoms with Gasteiger partial charge in [0.25, 0.3) is 0 Å². The summed E-state index contributed by atoms with van der Waals surface area (Å²) in [5.74, 6) is 5.11. The van der Waals surface area contributed by atoms with Gasteiger partial charge in [-0.15, -0.1) is 0 Å². The molecule has 2 rings (SSSR count). The van der Waals surface area contributed by atoms with Gasteiger partial charge >= 0.3 is 0 Å². The van der Waals surface area contributed by atoms with Crippen molar-refractivity contribution in [3.05, 3.63) is 0 Å².